The van der Waals surface area contributed by atoms with Gasteiger partial charge < -0.3 is 10.1 Å². The van der Waals surface area contributed by atoms with Crippen molar-refractivity contribution in [2.75, 3.05) is 0 Å². The quantitative estimate of drug-likeness (QED) is 0.617. The van der Waals surface area contributed by atoms with Crippen LogP contribution in [-0.4, -0.2) is 11.1 Å². The van der Waals surface area contributed by atoms with Crippen molar-refractivity contribution in [3.05, 3.63) is 101 Å². The summed E-state index contributed by atoms with van der Waals surface area (Å²) in [6.07, 6.45) is 1.84. The minimum absolute atomic E-state index is 0.155. The molecular weight excluding hydrogens is 368 g/mol. The zero-order valence-corrected chi connectivity index (χ0v) is 15.9. The van der Waals surface area contributed by atoms with Crippen molar-refractivity contribution in [3.63, 3.8) is 0 Å². The van der Waals surface area contributed by atoms with Crippen molar-refractivity contribution in [2.45, 2.75) is 6.61 Å². The monoisotopic (exact) mass is 386 g/mol. The summed E-state index contributed by atoms with van der Waals surface area (Å²) in [5.74, 6) is 0.582. The molecule has 4 nitrogen and oxygen atoms in total. The van der Waals surface area contributed by atoms with Crippen LogP contribution in [0.2, 0.25) is 0 Å². The number of rotatable bonds is 5. The van der Waals surface area contributed by atoms with E-state index in [9.17, 15) is 4.79 Å². The van der Waals surface area contributed by atoms with Crippen LogP contribution in [0.4, 0.5) is 5.69 Å². The number of thioether (sulfide) groups is 1. The van der Waals surface area contributed by atoms with Gasteiger partial charge in [-0.05, 0) is 41.6 Å². The molecule has 4 rings (SSSR count). The molecule has 1 heterocycles. The van der Waals surface area contributed by atoms with E-state index in [1.165, 1.54) is 11.8 Å². The van der Waals surface area contributed by atoms with Crippen molar-refractivity contribution >= 4 is 34.6 Å². The van der Waals surface area contributed by atoms with Crippen molar-refractivity contribution in [3.8, 4) is 5.75 Å². The summed E-state index contributed by atoms with van der Waals surface area (Å²) in [5.41, 5.74) is 2.76. The summed E-state index contributed by atoms with van der Waals surface area (Å²) in [6.45, 7) is 0.473. The van der Waals surface area contributed by atoms with Gasteiger partial charge in [-0.15, -0.1) is 0 Å². The molecule has 0 spiro atoms. The maximum Gasteiger partial charge on any atom is 0.264 e. The van der Waals surface area contributed by atoms with Crippen molar-refractivity contribution in [1.29, 1.82) is 0 Å². The van der Waals surface area contributed by atoms with Crippen LogP contribution in [0.5, 0.6) is 5.75 Å². The number of amidine groups is 1. The van der Waals surface area contributed by atoms with Gasteiger partial charge in [-0.1, -0.05) is 66.7 Å². The van der Waals surface area contributed by atoms with Crippen LogP contribution in [0.3, 0.4) is 0 Å². The van der Waals surface area contributed by atoms with E-state index in [0.29, 0.717) is 16.7 Å². The fourth-order valence-corrected chi connectivity index (χ4v) is 3.54. The fraction of sp³-hybridized carbons (Fsp3) is 0.0435. The highest BCUT2D eigenvalue weighted by molar-refractivity contribution is 8.18. The van der Waals surface area contributed by atoms with Gasteiger partial charge in [-0.25, -0.2) is 4.99 Å². The number of nitrogens with one attached hydrogen (secondary N) is 1. The lowest BCUT2D eigenvalue weighted by molar-refractivity contribution is -0.115. The molecule has 5 heteroatoms. The Kier molecular flexibility index (Phi) is 5.54. The van der Waals surface area contributed by atoms with E-state index in [-0.39, 0.29) is 5.91 Å². The Morgan fingerprint density at radius 2 is 1.57 bits per heavy atom. The summed E-state index contributed by atoms with van der Waals surface area (Å²) in [6, 6.07) is 27.2. The van der Waals surface area contributed by atoms with Crippen LogP contribution in [0.1, 0.15) is 11.1 Å². The second-order valence-electron chi connectivity index (χ2n) is 6.13. The highest BCUT2D eigenvalue weighted by Gasteiger charge is 2.24. The molecule has 0 saturated carbocycles. The summed E-state index contributed by atoms with van der Waals surface area (Å²) in [7, 11) is 0. The lowest BCUT2D eigenvalue weighted by Gasteiger charge is -2.09. The van der Waals surface area contributed by atoms with Crippen molar-refractivity contribution in [1.82, 2.24) is 5.32 Å². The van der Waals surface area contributed by atoms with Gasteiger partial charge in [-0.2, -0.15) is 0 Å². The second-order valence-corrected chi connectivity index (χ2v) is 7.16. The van der Waals surface area contributed by atoms with Gasteiger partial charge in [0.05, 0.1) is 10.6 Å². The molecule has 1 fully saturated rings. The molecule has 0 aromatic heterocycles. The second kappa shape index (κ2) is 8.59. The third-order valence-corrected chi connectivity index (χ3v) is 4.99. The van der Waals surface area contributed by atoms with E-state index in [1.54, 1.807) is 0 Å². The first-order chi connectivity index (χ1) is 13.8. The van der Waals surface area contributed by atoms with Gasteiger partial charge >= 0.3 is 0 Å². The highest BCUT2D eigenvalue weighted by atomic mass is 32.2. The average molecular weight is 386 g/mol. The van der Waals surface area contributed by atoms with Gasteiger partial charge in [-0.3, -0.25) is 4.79 Å². The molecule has 0 aliphatic carbocycles. The minimum atomic E-state index is -0.155. The van der Waals surface area contributed by atoms with E-state index in [0.717, 1.165) is 22.6 Å². The molecule has 3 aromatic carbocycles. The number of carbonyl (C=O) groups excluding carboxylic acids is 1. The molecule has 1 amide bonds. The molecule has 1 aliphatic rings. The van der Waals surface area contributed by atoms with Crippen LogP contribution in [0.15, 0.2) is 94.8 Å². The average Bonchev–Trinajstić information content (AvgIpc) is 3.07. The maximum absolute atomic E-state index is 12.3. The topological polar surface area (TPSA) is 50.7 Å². The molecule has 28 heavy (non-hydrogen) atoms. The number of nitrogens with zero attached hydrogens (tertiary/aromatic N) is 1. The number of carbonyl (C=O) groups is 1. The number of ether oxygens (including phenoxy) is 1. The standard InChI is InChI=1S/C23H18N2O2S/c26-22-21(28-23(25-22)24-19-12-5-2-6-13-19)15-18-11-7-8-14-20(18)27-16-17-9-3-1-4-10-17/h1-15H,16H2,(H,24,25,26)/b21-15-. The van der Waals surface area contributed by atoms with Crippen LogP contribution in [0.25, 0.3) is 6.08 Å². The predicted octanol–water partition coefficient (Wildman–Crippen LogP) is 5.16. The Morgan fingerprint density at radius 3 is 2.36 bits per heavy atom. The van der Waals surface area contributed by atoms with E-state index >= 15 is 0 Å². The van der Waals surface area contributed by atoms with E-state index in [2.05, 4.69) is 10.3 Å². The van der Waals surface area contributed by atoms with E-state index in [4.69, 9.17) is 4.74 Å². The predicted molar refractivity (Wildman–Crippen MR) is 114 cm³/mol. The van der Waals surface area contributed by atoms with Gasteiger partial charge in [0, 0.05) is 5.56 Å². The normalized spacial score (nSPS) is 16.4. The van der Waals surface area contributed by atoms with E-state index < -0.39 is 0 Å². The van der Waals surface area contributed by atoms with Gasteiger partial charge in [0.25, 0.3) is 5.91 Å². The minimum Gasteiger partial charge on any atom is -0.488 e. The number of hydrogen-bond acceptors (Lipinski definition) is 4. The summed E-state index contributed by atoms with van der Waals surface area (Å²) in [4.78, 5) is 17.4. The van der Waals surface area contributed by atoms with Crippen LogP contribution in [0, 0.1) is 0 Å². The van der Waals surface area contributed by atoms with Gasteiger partial charge in [0.1, 0.15) is 12.4 Å². The third-order valence-electron chi connectivity index (χ3n) is 4.08. The molecule has 1 saturated heterocycles. The van der Waals surface area contributed by atoms with Crippen LogP contribution in [-0.2, 0) is 11.4 Å². The summed E-state index contributed by atoms with van der Waals surface area (Å²) < 4.78 is 5.98. The molecule has 0 bridgehead atoms. The largest absolute Gasteiger partial charge is 0.488 e. The molecule has 0 unspecified atom stereocenters. The van der Waals surface area contributed by atoms with Gasteiger partial charge in [0.2, 0.25) is 0 Å². The molecule has 0 radical (unpaired) electrons. The SMILES string of the molecule is O=C1NC(=Nc2ccccc2)S/C1=C\c1ccccc1OCc1ccccc1. The van der Waals surface area contributed by atoms with Crippen LogP contribution >= 0.6 is 11.8 Å². The number of para-hydroxylation sites is 2. The van der Waals surface area contributed by atoms with Gasteiger partial charge in [0.15, 0.2) is 5.17 Å². The first-order valence-corrected chi connectivity index (χ1v) is 9.70. The number of aliphatic imine (C=N–C) groups is 1. The third kappa shape index (κ3) is 4.50. The molecule has 0 atom stereocenters. The first kappa shape index (κ1) is 18.1. The first-order valence-electron chi connectivity index (χ1n) is 8.88. The Hall–Kier alpha value is -3.31. The lowest BCUT2D eigenvalue weighted by atomic mass is 10.2. The maximum atomic E-state index is 12.3. The molecule has 3 aromatic rings. The smallest absolute Gasteiger partial charge is 0.264 e. The zero-order valence-electron chi connectivity index (χ0n) is 15.0. The number of benzene rings is 3. The van der Waals surface area contributed by atoms with E-state index in [1.807, 2.05) is 91.0 Å². The molecule has 1 aliphatic heterocycles. The summed E-state index contributed by atoms with van der Waals surface area (Å²) in [5, 5.41) is 3.39. The molecule has 138 valence electrons. The Bertz CT molecular complexity index is 1030. The summed E-state index contributed by atoms with van der Waals surface area (Å²) >= 11 is 1.33. The Morgan fingerprint density at radius 1 is 0.893 bits per heavy atom. The highest BCUT2D eigenvalue weighted by Crippen LogP contribution is 2.30. The molecular formula is C23H18N2O2S. The fourth-order valence-electron chi connectivity index (χ4n) is 2.71. The lowest BCUT2D eigenvalue weighted by Crippen LogP contribution is -2.19. The molecule has 1 N–H and O–H groups in total. The number of amides is 1. The van der Waals surface area contributed by atoms with Crippen molar-refractivity contribution in [2.24, 2.45) is 4.99 Å². The Balaban J connectivity index is 1.52. The number of hydrogen-bond donors (Lipinski definition) is 1. The van der Waals surface area contributed by atoms with Crippen LogP contribution < -0.4 is 10.1 Å². The van der Waals surface area contributed by atoms with Crippen molar-refractivity contribution < 1.29 is 9.53 Å². The zero-order chi connectivity index (χ0) is 19.2. The Labute approximate surface area is 168 Å².